The van der Waals surface area contributed by atoms with Crippen LogP contribution in [0.2, 0.25) is 0 Å². The molecule has 2 nitrogen and oxygen atoms in total. The predicted molar refractivity (Wildman–Crippen MR) is 77.2 cm³/mol. The number of carbonyl (C=O) groups is 1. The SMILES string of the molecule is O=C(Cc1ccccc1)Nc1ccccc1C1CC1. The number of hydrogen-bond donors (Lipinski definition) is 1. The molecule has 1 saturated carbocycles. The Labute approximate surface area is 113 Å². The van der Waals surface area contributed by atoms with Crippen LogP contribution in [-0.2, 0) is 11.2 Å². The number of anilines is 1. The van der Waals surface area contributed by atoms with Crippen molar-refractivity contribution in [3.63, 3.8) is 0 Å². The van der Waals surface area contributed by atoms with Gasteiger partial charge in [0.1, 0.15) is 0 Å². The Balaban J connectivity index is 1.69. The third kappa shape index (κ3) is 3.02. The van der Waals surface area contributed by atoms with Crippen molar-refractivity contribution in [2.75, 3.05) is 5.32 Å². The summed E-state index contributed by atoms with van der Waals surface area (Å²) in [7, 11) is 0. The summed E-state index contributed by atoms with van der Waals surface area (Å²) in [6.07, 6.45) is 2.91. The summed E-state index contributed by atoms with van der Waals surface area (Å²) in [4.78, 5) is 12.1. The Kier molecular flexibility index (Phi) is 3.32. The van der Waals surface area contributed by atoms with Crippen molar-refractivity contribution in [3.8, 4) is 0 Å². The van der Waals surface area contributed by atoms with Gasteiger partial charge in [-0.2, -0.15) is 0 Å². The molecule has 1 amide bonds. The molecule has 0 unspecified atom stereocenters. The number of carbonyl (C=O) groups excluding carboxylic acids is 1. The molecule has 0 spiro atoms. The van der Waals surface area contributed by atoms with Gasteiger partial charge in [-0.25, -0.2) is 0 Å². The number of amides is 1. The molecule has 2 aromatic rings. The van der Waals surface area contributed by atoms with Crippen LogP contribution >= 0.6 is 0 Å². The molecule has 1 aliphatic carbocycles. The first-order chi connectivity index (χ1) is 9.33. The minimum absolute atomic E-state index is 0.0549. The molecule has 1 aliphatic rings. The average Bonchev–Trinajstić information content (AvgIpc) is 3.25. The van der Waals surface area contributed by atoms with Gasteiger partial charge in [0.2, 0.25) is 5.91 Å². The molecular formula is C17H17NO. The smallest absolute Gasteiger partial charge is 0.228 e. The highest BCUT2D eigenvalue weighted by molar-refractivity contribution is 5.93. The van der Waals surface area contributed by atoms with Crippen molar-refractivity contribution in [1.29, 1.82) is 0 Å². The molecule has 2 heteroatoms. The first-order valence-electron chi connectivity index (χ1n) is 6.75. The summed E-state index contributed by atoms with van der Waals surface area (Å²) >= 11 is 0. The maximum absolute atomic E-state index is 12.1. The van der Waals surface area contributed by atoms with Crippen LogP contribution in [0.25, 0.3) is 0 Å². The predicted octanol–water partition coefficient (Wildman–Crippen LogP) is 3.75. The van der Waals surface area contributed by atoms with Gasteiger partial charge < -0.3 is 5.32 Å². The van der Waals surface area contributed by atoms with Gasteiger partial charge in [-0.15, -0.1) is 0 Å². The van der Waals surface area contributed by atoms with E-state index < -0.39 is 0 Å². The lowest BCUT2D eigenvalue weighted by Gasteiger charge is -2.10. The van der Waals surface area contributed by atoms with Gasteiger partial charge in [0.05, 0.1) is 6.42 Å². The molecule has 0 aliphatic heterocycles. The van der Waals surface area contributed by atoms with Crippen LogP contribution in [0.4, 0.5) is 5.69 Å². The lowest BCUT2D eigenvalue weighted by Crippen LogP contribution is -2.15. The molecule has 0 saturated heterocycles. The van der Waals surface area contributed by atoms with Crippen molar-refractivity contribution in [1.82, 2.24) is 0 Å². The van der Waals surface area contributed by atoms with Crippen LogP contribution in [0.15, 0.2) is 54.6 Å². The van der Waals surface area contributed by atoms with Crippen molar-refractivity contribution in [2.24, 2.45) is 0 Å². The molecule has 1 N–H and O–H groups in total. The second-order valence-corrected chi connectivity index (χ2v) is 5.07. The molecule has 3 rings (SSSR count). The fourth-order valence-electron chi connectivity index (χ4n) is 2.34. The number of rotatable bonds is 4. The molecule has 19 heavy (non-hydrogen) atoms. The number of benzene rings is 2. The molecule has 1 fully saturated rings. The molecule has 0 heterocycles. The van der Waals surface area contributed by atoms with Crippen LogP contribution < -0.4 is 5.32 Å². The largest absolute Gasteiger partial charge is 0.326 e. The van der Waals surface area contributed by atoms with Crippen LogP contribution in [0, 0.1) is 0 Å². The third-order valence-corrected chi connectivity index (χ3v) is 3.46. The fraction of sp³-hybridized carbons (Fsp3) is 0.235. The van der Waals surface area contributed by atoms with E-state index in [1.54, 1.807) is 0 Å². The van der Waals surface area contributed by atoms with Crippen molar-refractivity contribution in [2.45, 2.75) is 25.2 Å². The molecule has 0 bridgehead atoms. The Bertz CT molecular complexity index is 573. The van der Waals surface area contributed by atoms with Gasteiger partial charge >= 0.3 is 0 Å². The van der Waals surface area contributed by atoms with Gasteiger partial charge in [-0.1, -0.05) is 48.5 Å². The zero-order chi connectivity index (χ0) is 13.1. The van der Waals surface area contributed by atoms with Crippen LogP contribution in [-0.4, -0.2) is 5.91 Å². The van der Waals surface area contributed by atoms with E-state index in [2.05, 4.69) is 11.4 Å². The van der Waals surface area contributed by atoms with E-state index in [1.807, 2.05) is 48.5 Å². The standard InChI is InChI=1S/C17H17NO/c19-17(12-13-6-2-1-3-7-13)18-16-9-5-4-8-15(16)14-10-11-14/h1-9,14H,10-12H2,(H,18,19). The Morgan fingerprint density at radius 2 is 1.68 bits per heavy atom. The maximum atomic E-state index is 12.1. The monoisotopic (exact) mass is 251 g/mol. The summed E-state index contributed by atoms with van der Waals surface area (Å²) in [5, 5.41) is 3.04. The van der Waals surface area contributed by atoms with E-state index in [-0.39, 0.29) is 5.91 Å². The van der Waals surface area contributed by atoms with E-state index >= 15 is 0 Å². The first-order valence-corrected chi connectivity index (χ1v) is 6.75. The lowest BCUT2D eigenvalue weighted by molar-refractivity contribution is -0.115. The second-order valence-electron chi connectivity index (χ2n) is 5.07. The minimum Gasteiger partial charge on any atom is -0.326 e. The number of hydrogen-bond acceptors (Lipinski definition) is 1. The quantitative estimate of drug-likeness (QED) is 0.881. The van der Waals surface area contributed by atoms with Crippen molar-refractivity contribution < 1.29 is 4.79 Å². The molecule has 96 valence electrons. The fourth-order valence-corrected chi connectivity index (χ4v) is 2.34. The Morgan fingerprint density at radius 1 is 1.00 bits per heavy atom. The molecule has 0 atom stereocenters. The van der Waals surface area contributed by atoms with Gasteiger partial charge in [0.25, 0.3) is 0 Å². The average molecular weight is 251 g/mol. The second kappa shape index (κ2) is 5.27. The summed E-state index contributed by atoms with van der Waals surface area (Å²) in [5.74, 6) is 0.701. The highest BCUT2D eigenvalue weighted by atomic mass is 16.1. The van der Waals surface area contributed by atoms with Crippen molar-refractivity contribution >= 4 is 11.6 Å². The lowest BCUT2D eigenvalue weighted by atomic mass is 10.1. The Hall–Kier alpha value is -2.09. The topological polar surface area (TPSA) is 29.1 Å². The van der Waals surface area contributed by atoms with E-state index in [1.165, 1.54) is 18.4 Å². The molecule has 2 aromatic carbocycles. The summed E-state index contributed by atoms with van der Waals surface area (Å²) < 4.78 is 0. The third-order valence-electron chi connectivity index (χ3n) is 3.46. The van der Waals surface area contributed by atoms with Gasteiger partial charge in [-0.3, -0.25) is 4.79 Å². The van der Waals surface area contributed by atoms with E-state index in [0.29, 0.717) is 12.3 Å². The summed E-state index contributed by atoms with van der Waals surface area (Å²) in [6, 6.07) is 18.0. The van der Waals surface area contributed by atoms with E-state index in [0.717, 1.165) is 11.3 Å². The summed E-state index contributed by atoms with van der Waals surface area (Å²) in [6.45, 7) is 0. The highest BCUT2D eigenvalue weighted by Crippen LogP contribution is 2.43. The number of para-hydroxylation sites is 1. The van der Waals surface area contributed by atoms with Crippen LogP contribution in [0.3, 0.4) is 0 Å². The number of nitrogens with one attached hydrogen (secondary N) is 1. The first kappa shape index (κ1) is 12.0. The van der Waals surface area contributed by atoms with Gasteiger partial charge in [0, 0.05) is 5.69 Å². The Morgan fingerprint density at radius 3 is 2.42 bits per heavy atom. The minimum atomic E-state index is 0.0549. The summed E-state index contributed by atoms with van der Waals surface area (Å²) in [5.41, 5.74) is 3.30. The molecule has 0 aromatic heterocycles. The maximum Gasteiger partial charge on any atom is 0.228 e. The van der Waals surface area contributed by atoms with Crippen LogP contribution in [0.1, 0.15) is 29.9 Å². The molecular weight excluding hydrogens is 234 g/mol. The van der Waals surface area contributed by atoms with Gasteiger partial charge in [-0.05, 0) is 36.0 Å². The zero-order valence-electron chi connectivity index (χ0n) is 10.8. The van der Waals surface area contributed by atoms with Crippen LogP contribution in [0.5, 0.6) is 0 Å². The highest BCUT2D eigenvalue weighted by Gasteiger charge is 2.26. The van der Waals surface area contributed by atoms with E-state index in [9.17, 15) is 4.79 Å². The van der Waals surface area contributed by atoms with Crippen molar-refractivity contribution in [3.05, 3.63) is 65.7 Å². The normalized spacial score (nSPS) is 14.1. The zero-order valence-corrected chi connectivity index (χ0v) is 10.8. The van der Waals surface area contributed by atoms with Gasteiger partial charge in [0.15, 0.2) is 0 Å². The van der Waals surface area contributed by atoms with E-state index in [4.69, 9.17) is 0 Å². The molecule has 0 radical (unpaired) electrons.